The van der Waals surface area contributed by atoms with E-state index >= 15 is 0 Å². The van der Waals surface area contributed by atoms with Gasteiger partial charge in [0.1, 0.15) is 0 Å². The number of primary amides is 1. The third-order valence-corrected chi connectivity index (χ3v) is 1.56. The van der Waals surface area contributed by atoms with Crippen molar-refractivity contribution in [2.75, 3.05) is 14.2 Å². The van der Waals surface area contributed by atoms with Crippen LogP contribution in [0.5, 0.6) is 0 Å². The van der Waals surface area contributed by atoms with Crippen LogP contribution in [0.4, 0.5) is 0 Å². The summed E-state index contributed by atoms with van der Waals surface area (Å²) in [4.78, 5) is 10.6. The minimum atomic E-state index is -0.336. The van der Waals surface area contributed by atoms with Crippen molar-refractivity contribution in [2.24, 2.45) is 11.7 Å². The van der Waals surface area contributed by atoms with Crippen LogP contribution in [-0.2, 0) is 14.3 Å². The highest BCUT2D eigenvalue weighted by atomic mass is 16.7. The fourth-order valence-electron chi connectivity index (χ4n) is 0.694. The van der Waals surface area contributed by atoms with Crippen molar-refractivity contribution in [1.29, 1.82) is 0 Å². The van der Waals surface area contributed by atoms with Crippen LogP contribution in [0.15, 0.2) is 0 Å². The molecule has 2 N–H and O–H groups in total. The summed E-state index contributed by atoms with van der Waals surface area (Å²) in [6.07, 6.45) is 0.167. The molecule has 0 aromatic heterocycles. The molecule has 0 spiro atoms. The Morgan fingerprint density at radius 2 is 1.91 bits per heavy atom. The van der Waals surface area contributed by atoms with Crippen LogP contribution in [0.1, 0.15) is 13.3 Å². The molecule has 1 unspecified atom stereocenters. The lowest BCUT2D eigenvalue weighted by Crippen LogP contribution is -2.26. The Hall–Kier alpha value is -0.610. The van der Waals surface area contributed by atoms with E-state index in [1.165, 1.54) is 14.2 Å². The predicted octanol–water partition coefficient (Wildman–Crippen LogP) is 0.117. The molecule has 0 aromatic carbocycles. The van der Waals surface area contributed by atoms with Crippen molar-refractivity contribution in [3.63, 3.8) is 0 Å². The molecule has 0 fully saturated rings. The van der Waals surface area contributed by atoms with E-state index in [-0.39, 0.29) is 18.1 Å². The van der Waals surface area contributed by atoms with Gasteiger partial charge in [-0.25, -0.2) is 0 Å². The quantitative estimate of drug-likeness (QED) is 0.582. The zero-order valence-electron chi connectivity index (χ0n) is 7.16. The van der Waals surface area contributed by atoms with Gasteiger partial charge in [-0.2, -0.15) is 0 Å². The summed E-state index contributed by atoms with van der Waals surface area (Å²) >= 11 is 0. The molecule has 0 aromatic rings. The van der Waals surface area contributed by atoms with Crippen molar-refractivity contribution in [3.05, 3.63) is 0 Å². The minimum absolute atomic E-state index is 0.208. The highest BCUT2D eigenvalue weighted by Crippen LogP contribution is 2.07. The van der Waals surface area contributed by atoms with Gasteiger partial charge in [0.25, 0.3) is 0 Å². The average Bonchev–Trinajstić information content (AvgIpc) is 1.99. The van der Waals surface area contributed by atoms with Gasteiger partial charge in [0.2, 0.25) is 5.91 Å². The summed E-state index contributed by atoms with van der Waals surface area (Å²) in [5.74, 6) is -0.538. The van der Waals surface area contributed by atoms with E-state index in [0.717, 1.165) is 0 Å². The smallest absolute Gasteiger partial charge is 0.220 e. The average molecular weight is 161 g/mol. The lowest BCUT2D eigenvalue weighted by Gasteiger charge is -2.15. The SMILES string of the molecule is COC(CC(C)C(N)=O)OC. The van der Waals surface area contributed by atoms with Crippen LogP contribution in [0.3, 0.4) is 0 Å². The summed E-state index contributed by atoms with van der Waals surface area (Å²) in [5.41, 5.74) is 5.04. The Balaban J connectivity index is 3.71. The van der Waals surface area contributed by atoms with Crippen LogP contribution in [0.2, 0.25) is 0 Å². The highest BCUT2D eigenvalue weighted by molar-refractivity contribution is 5.76. The second-order valence-electron chi connectivity index (χ2n) is 2.44. The number of nitrogens with two attached hydrogens (primary N) is 1. The molecular formula is C7H15NO3. The Bertz CT molecular complexity index is 123. The molecule has 0 bridgehead atoms. The Kier molecular flexibility index (Phi) is 4.81. The number of methoxy groups -OCH3 is 2. The molecule has 0 aliphatic carbocycles. The van der Waals surface area contributed by atoms with Gasteiger partial charge in [-0.05, 0) is 0 Å². The molecule has 0 rings (SSSR count). The molecular weight excluding hydrogens is 146 g/mol. The fourth-order valence-corrected chi connectivity index (χ4v) is 0.694. The molecule has 0 aliphatic rings. The van der Waals surface area contributed by atoms with E-state index < -0.39 is 0 Å². The number of carbonyl (C=O) groups is 1. The molecule has 1 atom stereocenters. The maximum absolute atomic E-state index is 10.6. The fraction of sp³-hybridized carbons (Fsp3) is 0.857. The van der Waals surface area contributed by atoms with Gasteiger partial charge in [0.05, 0.1) is 0 Å². The van der Waals surface area contributed by atoms with Crippen LogP contribution in [0, 0.1) is 5.92 Å². The minimum Gasteiger partial charge on any atom is -0.369 e. The lowest BCUT2D eigenvalue weighted by molar-refractivity contribution is -0.133. The van der Waals surface area contributed by atoms with Crippen molar-refractivity contribution in [3.8, 4) is 0 Å². The Morgan fingerprint density at radius 3 is 2.18 bits per heavy atom. The van der Waals surface area contributed by atoms with E-state index in [1.54, 1.807) is 6.92 Å². The number of hydrogen-bond donors (Lipinski definition) is 1. The van der Waals surface area contributed by atoms with E-state index in [2.05, 4.69) is 0 Å². The first-order chi connectivity index (χ1) is 5.11. The normalized spacial score (nSPS) is 13.5. The molecule has 4 heteroatoms. The van der Waals surface area contributed by atoms with E-state index in [9.17, 15) is 4.79 Å². The third-order valence-electron chi connectivity index (χ3n) is 1.56. The van der Waals surface area contributed by atoms with Crippen molar-refractivity contribution < 1.29 is 14.3 Å². The lowest BCUT2D eigenvalue weighted by atomic mass is 10.1. The van der Waals surface area contributed by atoms with Crippen molar-refractivity contribution >= 4 is 5.91 Å². The topological polar surface area (TPSA) is 61.5 Å². The third kappa shape index (κ3) is 3.95. The first kappa shape index (κ1) is 10.4. The standard InChI is InChI=1S/C7H15NO3/c1-5(7(8)9)4-6(10-2)11-3/h5-6H,4H2,1-3H3,(H2,8,9). The van der Waals surface area contributed by atoms with Crippen LogP contribution >= 0.6 is 0 Å². The molecule has 0 saturated carbocycles. The number of hydrogen-bond acceptors (Lipinski definition) is 3. The van der Waals surface area contributed by atoms with Gasteiger partial charge in [-0.15, -0.1) is 0 Å². The second kappa shape index (κ2) is 5.09. The van der Waals surface area contributed by atoms with Gasteiger partial charge >= 0.3 is 0 Å². The van der Waals surface area contributed by atoms with Gasteiger partial charge < -0.3 is 15.2 Å². The molecule has 66 valence electrons. The monoisotopic (exact) mass is 161 g/mol. The zero-order valence-corrected chi connectivity index (χ0v) is 7.16. The van der Waals surface area contributed by atoms with Crippen molar-refractivity contribution in [1.82, 2.24) is 0 Å². The first-order valence-corrected chi connectivity index (χ1v) is 3.46. The maximum Gasteiger partial charge on any atom is 0.220 e. The molecule has 0 heterocycles. The first-order valence-electron chi connectivity index (χ1n) is 3.46. The molecule has 4 nitrogen and oxygen atoms in total. The van der Waals surface area contributed by atoms with E-state index in [4.69, 9.17) is 15.2 Å². The summed E-state index contributed by atoms with van der Waals surface area (Å²) in [5, 5.41) is 0. The Labute approximate surface area is 66.7 Å². The number of carbonyl (C=O) groups excluding carboxylic acids is 1. The van der Waals surface area contributed by atoms with E-state index in [1.807, 2.05) is 0 Å². The number of ether oxygens (including phenoxy) is 2. The molecule has 0 aliphatic heterocycles. The molecule has 0 radical (unpaired) electrons. The van der Waals surface area contributed by atoms with Crippen LogP contribution in [0.25, 0.3) is 0 Å². The summed E-state index contributed by atoms with van der Waals surface area (Å²) in [6, 6.07) is 0. The van der Waals surface area contributed by atoms with Gasteiger partial charge in [0.15, 0.2) is 6.29 Å². The summed E-state index contributed by atoms with van der Waals surface area (Å²) in [6.45, 7) is 1.74. The second-order valence-corrected chi connectivity index (χ2v) is 2.44. The highest BCUT2D eigenvalue weighted by Gasteiger charge is 2.15. The summed E-state index contributed by atoms with van der Waals surface area (Å²) in [7, 11) is 3.06. The Morgan fingerprint density at radius 1 is 1.45 bits per heavy atom. The zero-order chi connectivity index (χ0) is 8.85. The maximum atomic E-state index is 10.6. The molecule has 1 amide bonds. The molecule has 11 heavy (non-hydrogen) atoms. The van der Waals surface area contributed by atoms with Gasteiger partial charge in [-0.3, -0.25) is 4.79 Å². The van der Waals surface area contributed by atoms with Crippen LogP contribution < -0.4 is 5.73 Å². The molecule has 0 saturated heterocycles. The summed E-state index contributed by atoms with van der Waals surface area (Å²) < 4.78 is 9.78. The largest absolute Gasteiger partial charge is 0.369 e. The van der Waals surface area contributed by atoms with Gasteiger partial charge in [0, 0.05) is 26.6 Å². The van der Waals surface area contributed by atoms with Gasteiger partial charge in [-0.1, -0.05) is 6.92 Å². The van der Waals surface area contributed by atoms with Crippen molar-refractivity contribution in [2.45, 2.75) is 19.6 Å². The number of rotatable bonds is 5. The van der Waals surface area contributed by atoms with Crippen LogP contribution in [-0.4, -0.2) is 26.4 Å². The predicted molar refractivity (Wildman–Crippen MR) is 40.8 cm³/mol. The number of amides is 1. The van der Waals surface area contributed by atoms with E-state index in [0.29, 0.717) is 6.42 Å².